The third kappa shape index (κ3) is 7.11. The van der Waals surface area contributed by atoms with Crippen LogP contribution in [0.25, 0.3) is 0 Å². The molecule has 0 aliphatic rings. The summed E-state index contributed by atoms with van der Waals surface area (Å²) >= 11 is 0. The standard InChI is InChI=1S/C23H31NO8/c1-7-31-17(25)14-11-15-23(19(26)29-5,20(27)30-6)18(16-12-9-8-10-13-16)24-21(28)32-22(2,3)4/h8-14,18H,7,15H2,1-6H3,(H,24,28)/b14-11+/t18-/m1/s1. The summed E-state index contributed by atoms with van der Waals surface area (Å²) in [5.74, 6) is -2.56. The Hall–Kier alpha value is -3.36. The lowest BCUT2D eigenvalue weighted by molar-refractivity contribution is -0.171. The summed E-state index contributed by atoms with van der Waals surface area (Å²) < 4.78 is 20.1. The highest BCUT2D eigenvalue weighted by Crippen LogP contribution is 2.41. The first-order valence-corrected chi connectivity index (χ1v) is 10.1. The van der Waals surface area contributed by atoms with Crippen LogP contribution in [0.1, 0.15) is 45.7 Å². The fourth-order valence-corrected chi connectivity index (χ4v) is 3.06. The molecule has 0 aliphatic heterocycles. The Morgan fingerprint density at radius 1 is 1.00 bits per heavy atom. The minimum atomic E-state index is -2.05. The van der Waals surface area contributed by atoms with Gasteiger partial charge in [0.05, 0.1) is 26.9 Å². The van der Waals surface area contributed by atoms with Crippen LogP contribution in [-0.2, 0) is 33.3 Å². The van der Waals surface area contributed by atoms with Crippen molar-refractivity contribution >= 4 is 24.0 Å². The van der Waals surface area contributed by atoms with Crippen molar-refractivity contribution in [1.82, 2.24) is 5.32 Å². The summed E-state index contributed by atoms with van der Waals surface area (Å²) in [4.78, 5) is 50.5. The van der Waals surface area contributed by atoms with Crippen molar-refractivity contribution < 1.29 is 38.1 Å². The number of amides is 1. The Morgan fingerprint density at radius 3 is 2.03 bits per heavy atom. The van der Waals surface area contributed by atoms with E-state index < -0.39 is 41.1 Å². The zero-order valence-corrected chi connectivity index (χ0v) is 19.3. The van der Waals surface area contributed by atoms with E-state index in [1.54, 1.807) is 58.0 Å². The van der Waals surface area contributed by atoms with Gasteiger partial charge in [-0.15, -0.1) is 0 Å². The first-order valence-electron chi connectivity index (χ1n) is 10.1. The van der Waals surface area contributed by atoms with E-state index in [4.69, 9.17) is 18.9 Å². The van der Waals surface area contributed by atoms with Gasteiger partial charge >= 0.3 is 24.0 Å². The van der Waals surface area contributed by atoms with E-state index in [2.05, 4.69) is 5.32 Å². The second kappa shape index (κ2) is 11.9. The lowest BCUT2D eigenvalue weighted by Crippen LogP contribution is -2.52. The molecule has 0 unspecified atom stereocenters. The van der Waals surface area contributed by atoms with Crippen LogP contribution in [0.4, 0.5) is 4.79 Å². The van der Waals surface area contributed by atoms with Gasteiger partial charge in [0.1, 0.15) is 5.60 Å². The Kier molecular flexibility index (Phi) is 9.90. The molecule has 0 saturated heterocycles. The molecule has 0 spiro atoms. The number of rotatable bonds is 9. The molecule has 1 atom stereocenters. The lowest BCUT2D eigenvalue weighted by atomic mass is 9.74. The van der Waals surface area contributed by atoms with Gasteiger partial charge in [-0.2, -0.15) is 0 Å². The molecular weight excluding hydrogens is 418 g/mol. The minimum absolute atomic E-state index is 0.162. The average molecular weight is 450 g/mol. The van der Waals surface area contributed by atoms with Crippen molar-refractivity contribution in [3.8, 4) is 0 Å². The summed E-state index contributed by atoms with van der Waals surface area (Å²) in [5.41, 5.74) is -2.45. The summed E-state index contributed by atoms with van der Waals surface area (Å²) in [6, 6.07) is 7.16. The molecule has 1 amide bonds. The Balaban J connectivity index is 3.60. The number of benzene rings is 1. The maximum atomic E-state index is 13.1. The van der Waals surface area contributed by atoms with E-state index in [1.807, 2.05) is 0 Å². The molecule has 0 radical (unpaired) electrons. The van der Waals surface area contributed by atoms with Crippen LogP contribution in [0.5, 0.6) is 0 Å². The number of ether oxygens (including phenoxy) is 4. The minimum Gasteiger partial charge on any atom is -0.468 e. The molecule has 32 heavy (non-hydrogen) atoms. The van der Waals surface area contributed by atoms with Gasteiger partial charge < -0.3 is 24.3 Å². The topological polar surface area (TPSA) is 117 Å². The Bertz CT molecular complexity index is 810. The van der Waals surface area contributed by atoms with Crippen molar-refractivity contribution in [1.29, 1.82) is 0 Å². The van der Waals surface area contributed by atoms with Crippen molar-refractivity contribution in [3.63, 3.8) is 0 Å². The van der Waals surface area contributed by atoms with Crippen LogP contribution < -0.4 is 5.32 Å². The highest BCUT2D eigenvalue weighted by Gasteiger charge is 2.55. The molecule has 176 valence electrons. The molecule has 0 aliphatic carbocycles. The van der Waals surface area contributed by atoms with Crippen LogP contribution >= 0.6 is 0 Å². The van der Waals surface area contributed by atoms with Crippen molar-refractivity contribution in [3.05, 3.63) is 48.0 Å². The third-order valence-corrected chi connectivity index (χ3v) is 4.37. The molecule has 0 heterocycles. The molecule has 1 aromatic rings. The van der Waals surface area contributed by atoms with Crippen LogP contribution in [-0.4, -0.2) is 50.4 Å². The molecule has 1 rings (SSSR count). The van der Waals surface area contributed by atoms with Crippen LogP contribution in [0.15, 0.2) is 42.5 Å². The van der Waals surface area contributed by atoms with Crippen LogP contribution in [0, 0.1) is 5.41 Å². The second-order valence-electron chi connectivity index (χ2n) is 7.80. The monoisotopic (exact) mass is 449 g/mol. The van der Waals surface area contributed by atoms with Crippen LogP contribution in [0.3, 0.4) is 0 Å². The number of hydrogen-bond acceptors (Lipinski definition) is 8. The smallest absolute Gasteiger partial charge is 0.408 e. The van der Waals surface area contributed by atoms with E-state index in [1.165, 1.54) is 6.08 Å². The number of carbonyl (C=O) groups is 4. The van der Waals surface area contributed by atoms with Gasteiger partial charge in [0.2, 0.25) is 0 Å². The summed E-state index contributed by atoms with van der Waals surface area (Å²) in [6.07, 6.45) is 1.23. The maximum absolute atomic E-state index is 13.1. The predicted octanol–water partition coefficient (Wildman–Crippen LogP) is 3.09. The summed E-state index contributed by atoms with van der Waals surface area (Å²) in [5, 5.41) is 2.61. The van der Waals surface area contributed by atoms with Crippen LogP contribution in [0.2, 0.25) is 0 Å². The van der Waals surface area contributed by atoms with E-state index in [0.29, 0.717) is 5.56 Å². The third-order valence-electron chi connectivity index (χ3n) is 4.37. The zero-order valence-electron chi connectivity index (χ0n) is 19.3. The highest BCUT2D eigenvalue weighted by molar-refractivity contribution is 6.02. The van der Waals surface area contributed by atoms with Gasteiger partial charge in [0.25, 0.3) is 0 Å². The quantitative estimate of drug-likeness (QED) is 0.265. The molecule has 1 N–H and O–H groups in total. The number of alkyl carbamates (subject to hydrolysis) is 1. The van der Waals surface area contributed by atoms with E-state index in [9.17, 15) is 19.2 Å². The van der Waals surface area contributed by atoms with Gasteiger partial charge in [0, 0.05) is 6.08 Å². The number of carbonyl (C=O) groups excluding carboxylic acids is 4. The molecule has 0 aromatic heterocycles. The largest absolute Gasteiger partial charge is 0.468 e. The molecule has 9 nitrogen and oxygen atoms in total. The van der Waals surface area contributed by atoms with Gasteiger partial charge in [-0.05, 0) is 39.7 Å². The first kappa shape index (κ1) is 26.7. The van der Waals surface area contributed by atoms with Crippen molar-refractivity contribution in [2.45, 2.75) is 45.8 Å². The number of esters is 3. The van der Waals surface area contributed by atoms with Gasteiger partial charge in [-0.1, -0.05) is 36.4 Å². The SMILES string of the molecule is CCOC(=O)/C=C/CC(C(=O)OC)(C(=O)OC)[C@H](NC(=O)OC(C)(C)C)c1ccccc1. The molecular formula is C23H31NO8. The van der Waals surface area contributed by atoms with E-state index >= 15 is 0 Å². The lowest BCUT2D eigenvalue weighted by Gasteiger charge is -2.36. The molecule has 1 aromatic carbocycles. The van der Waals surface area contributed by atoms with Gasteiger partial charge in [0.15, 0.2) is 5.41 Å². The molecule has 9 heteroatoms. The van der Waals surface area contributed by atoms with Crippen molar-refractivity contribution in [2.75, 3.05) is 20.8 Å². The van der Waals surface area contributed by atoms with Gasteiger partial charge in [-0.3, -0.25) is 9.59 Å². The second-order valence-corrected chi connectivity index (χ2v) is 7.80. The fourth-order valence-electron chi connectivity index (χ4n) is 3.06. The van der Waals surface area contributed by atoms with Crippen molar-refractivity contribution in [2.24, 2.45) is 5.41 Å². The van der Waals surface area contributed by atoms with E-state index in [0.717, 1.165) is 20.3 Å². The number of nitrogens with one attached hydrogen (secondary N) is 1. The molecule has 0 saturated carbocycles. The Morgan fingerprint density at radius 2 is 1.56 bits per heavy atom. The van der Waals surface area contributed by atoms with E-state index in [-0.39, 0.29) is 13.0 Å². The Labute approximate surface area is 188 Å². The molecule has 0 fully saturated rings. The zero-order chi connectivity index (χ0) is 24.4. The number of methoxy groups -OCH3 is 2. The first-order chi connectivity index (χ1) is 15.0. The number of hydrogen-bond donors (Lipinski definition) is 1. The number of allylic oxidation sites excluding steroid dienone is 1. The summed E-state index contributed by atoms with van der Waals surface area (Å²) in [6.45, 7) is 6.85. The predicted molar refractivity (Wildman–Crippen MR) is 115 cm³/mol. The average Bonchev–Trinajstić information content (AvgIpc) is 2.74. The maximum Gasteiger partial charge on any atom is 0.408 e. The summed E-state index contributed by atoms with van der Waals surface area (Å²) in [7, 11) is 2.23. The highest BCUT2D eigenvalue weighted by atomic mass is 16.6. The normalized spacial score (nSPS) is 12.6. The molecule has 0 bridgehead atoms. The van der Waals surface area contributed by atoms with Gasteiger partial charge in [-0.25, -0.2) is 9.59 Å². The fraction of sp³-hybridized carbons (Fsp3) is 0.478.